The van der Waals surface area contributed by atoms with Crippen molar-refractivity contribution in [3.63, 3.8) is 0 Å². The predicted molar refractivity (Wildman–Crippen MR) is 68.4 cm³/mol. The summed E-state index contributed by atoms with van der Waals surface area (Å²) < 4.78 is 5.31. The van der Waals surface area contributed by atoms with E-state index in [9.17, 15) is 4.79 Å². The molecule has 1 aromatic heterocycles. The smallest absolute Gasteiger partial charge is 0.257 e. The zero-order valence-corrected chi connectivity index (χ0v) is 10.9. The van der Waals surface area contributed by atoms with E-state index in [2.05, 4.69) is 0 Å². The number of furan rings is 1. The van der Waals surface area contributed by atoms with E-state index in [4.69, 9.17) is 9.52 Å². The Kier molecular flexibility index (Phi) is 4.42. The molecule has 0 radical (unpaired) electrons. The van der Waals surface area contributed by atoms with E-state index in [0.29, 0.717) is 11.5 Å². The van der Waals surface area contributed by atoms with Crippen LogP contribution in [0.25, 0.3) is 0 Å². The number of amides is 1. The maximum Gasteiger partial charge on any atom is 0.257 e. The van der Waals surface area contributed by atoms with E-state index in [-0.39, 0.29) is 12.5 Å². The van der Waals surface area contributed by atoms with E-state index in [1.165, 1.54) is 0 Å². The highest BCUT2D eigenvalue weighted by Crippen LogP contribution is 2.22. The first-order valence-electron chi connectivity index (χ1n) is 6.72. The van der Waals surface area contributed by atoms with Crippen LogP contribution in [0.5, 0.6) is 0 Å². The van der Waals surface area contributed by atoms with E-state index in [0.717, 1.165) is 44.5 Å². The number of aryl methyl sites for hydroxylation is 1. The Morgan fingerprint density at radius 1 is 1.61 bits per heavy atom. The van der Waals surface area contributed by atoms with Gasteiger partial charge >= 0.3 is 0 Å². The number of hydrogen-bond donors (Lipinski definition) is 1. The topological polar surface area (TPSA) is 53.7 Å². The third kappa shape index (κ3) is 2.75. The molecule has 4 nitrogen and oxygen atoms in total. The van der Waals surface area contributed by atoms with E-state index >= 15 is 0 Å². The molecule has 1 saturated heterocycles. The number of carbonyl (C=O) groups excluding carboxylic acids is 1. The molecule has 1 aliphatic rings. The molecule has 1 amide bonds. The van der Waals surface area contributed by atoms with Gasteiger partial charge in [0, 0.05) is 26.1 Å². The quantitative estimate of drug-likeness (QED) is 0.891. The molecule has 0 spiro atoms. The molecule has 2 heterocycles. The molecule has 1 atom stereocenters. The Hall–Kier alpha value is -1.29. The zero-order valence-electron chi connectivity index (χ0n) is 10.9. The van der Waals surface area contributed by atoms with E-state index in [1.54, 1.807) is 12.3 Å². The minimum absolute atomic E-state index is 0.0724. The van der Waals surface area contributed by atoms with Crippen LogP contribution in [-0.2, 0) is 6.42 Å². The van der Waals surface area contributed by atoms with Crippen molar-refractivity contribution in [3.05, 3.63) is 23.7 Å². The first-order valence-corrected chi connectivity index (χ1v) is 6.72. The normalized spacial score (nSPS) is 20.1. The molecule has 0 saturated carbocycles. The molecule has 0 bridgehead atoms. The van der Waals surface area contributed by atoms with Crippen LogP contribution in [0.4, 0.5) is 0 Å². The Morgan fingerprint density at radius 2 is 2.44 bits per heavy atom. The third-order valence-corrected chi connectivity index (χ3v) is 3.64. The monoisotopic (exact) mass is 251 g/mol. The first-order chi connectivity index (χ1) is 8.76. The molecule has 1 fully saturated rings. The van der Waals surface area contributed by atoms with Gasteiger partial charge in [0.15, 0.2) is 0 Å². The molecule has 0 aliphatic carbocycles. The van der Waals surface area contributed by atoms with Crippen molar-refractivity contribution in [2.75, 3.05) is 19.7 Å². The summed E-state index contributed by atoms with van der Waals surface area (Å²) in [6.45, 7) is 3.77. The fourth-order valence-electron chi connectivity index (χ4n) is 2.64. The average Bonchev–Trinajstić information content (AvgIpc) is 2.87. The Labute approximate surface area is 108 Å². The first kappa shape index (κ1) is 13.1. The van der Waals surface area contributed by atoms with Crippen molar-refractivity contribution in [3.8, 4) is 0 Å². The fourth-order valence-corrected chi connectivity index (χ4v) is 2.64. The summed E-state index contributed by atoms with van der Waals surface area (Å²) in [5, 5.41) is 8.99. The number of likely N-dealkylation sites (tertiary alicyclic amines) is 1. The molecular weight excluding hydrogens is 230 g/mol. The summed E-state index contributed by atoms with van der Waals surface area (Å²) in [4.78, 5) is 14.3. The number of rotatable bonds is 4. The maximum atomic E-state index is 12.4. The van der Waals surface area contributed by atoms with Gasteiger partial charge in [0.1, 0.15) is 5.76 Å². The van der Waals surface area contributed by atoms with Crippen LogP contribution in [0.3, 0.4) is 0 Å². The van der Waals surface area contributed by atoms with Gasteiger partial charge in [0.05, 0.1) is 11.8 Å². The second-order valence-corrected chi connectivity index (χ2v) is 4.88. The molecule has 2 rings (SSSR count). The summed E-state index contributed by atoms with van der Waals surface area (Å²) in [5.41, 5.74) is 0.696. The third-order valence-electron chi connectivity index (χ3n) is 3.64. The molecule has 18 heavy (non-hydrogen) atoms. The van der Waals surface area contributed by atoms with Crippen molar-refractivity contribution in [1.82, 2.24) is 4.90 Å². The zero-order chi connectivity index (χ0) is 13.0. The minimum atomic E-state index is 0.0724. The largest absolute Gasteiger partial charge is 0.469 e. The number of aliphatic hydroxyl groups excluding tert-OH is 1. The van der Waals surface area contributed by atoms with E-state index in [1.807, 2.05) is 11.8 Å². The average molecular weight is 251 g/mol. The Morgan fingerprint density at radius 3 is 3.17 bits per heavy atom. The highest BCUT2D eigenvalue weighted by Gasteiger charge is 2.26. The van der Waals surface area contributed by atoms with E-state index < -0.39 is 0 Å². The van der Waals surface area contributed by atoms with Gasteiger partial charge in [-0.25, -0.2) is 0 Å². The molecule has 1 aliphatic heterocycles. The highest BCUT2D eigenvalue weighted by molar-refractivity contribution is 5.95. The molecule has 0 aromatic carbocycles. The lowest BCUT2D eigenvalue weighted by atomic mass is 9.94. The van der Waals surface area contributed by atoms with Crippen LogP contribution in [0.1, 0.15) is 42.3 Å². The second-order valence-electron chi connectivity index (χ2n) is 4.88. The summed E-state index contributed by atoms with van der Waals surface area (Å²) in [7, 11) is 0. The lowest BCUT2D eigenvalue weighted by molar-refractivity contribution is 0.0651. The fraction of sp³-hybridized carbons (Fsp3) is 0.643. The van der Waals surface area contributed by atoms with Crippen molar-refractivity contribution < 1.29 is 14.3 Å². The van der Waals surface area contributed by atoms with Crippen molar-refractivity contribution in [2.24, 2.45) is 5.92 Å². The number of piperidine rings is 1. The van der Waals surface area contributed by atoms with Gasteiger partial charge in [0.25, 0.3) is 5.91 Å². The summed E-state index contributed by atoms with van der Waals surface area (Å²) in [6.07, 6.45) is 5.24. The SMILES string of the molecule is CCc1occc1C(=O)N1CCCC(CCO)C1. The molecular formula is C14H21NO3. The highest BCUT2D eigenvalue weighted by atomic mass is 16.3. The van der Waals surface area contributed by atoms with Crippen LogP contribution in [0.2, 0.25) is 0 Å². The molecule has 1 unspecified atom stereocenters. The predicted octanol–water partition coefficient (Wildman–Crippen LogP) is 2.08. The van der Waals surface area contributed by atoms with Crippen LogP contribution in [-0.4, -0.2) is 35.6 Å². The van der Waals surface area contributed by atoms with Gasteiger partial charge in [-0.2, -0.15) is 0 Å². The molecule has 4 heteroatoms. The van der Waals surface area contributed by atoms with Crippen molar-refractivity contribution in [2.45, 2.75) is 32.6 Å². The lowest BCUT2D eigenvalue weighted by Gasteiger charge is -2.32. The van der Waals surface area contributed by atoms with Gasteiger partial charge in [-0.1, -0.05) is 6.92 Å². The lowest BCUT2D eigenvalue weighted by Crippen LogP contribution is -2.40. The van der Waals surface area contributed by atoms with Gasteiger partial charge in [0.2, 0.25) is 0 Å². The van der Waals surface area contributed by atoms with Crippen molar-refractivity contribution >= 4 is 5.91 Å². The Balaban J connectivity index is 2.04. The van der Waals surface area contributed by atoms with Gasteiger partial charge in [-0.15, -0.1) is 0 Å². The van der Waals surface area contributed by atoms with Crippen molar-refractivity contribution in [1.29, 1.82) is 0 Å². The summed E-state index contributed by atoms with van der Waals surface area (Å²) in [5.74, 6) is 1.28. The summed E-state index contributed by atoms with van der Waals surface area (Å²) >= 11 is 0. The number of aliphatic hydroxyl groups is 1. The molecule has 1 N–H and O–H groups in total. The van der Waals surface area contributed by atoms with Gasteiger partial charge < -0.3 is 14.4 Å². The number of nitrogens with zero attached hydrogens (tertiary/aromatic N) is 1. The van der Waals surface area contributed by atoms with Crippen LogP contribution in [0, 0.1) is 5.92 Å². The summed E-state index contributed by atoms with van der Waals surface area (Å²) in [6, 6.07) is 1.76. The molecule has 1 aromatic rings. The number of carbonyl (C=O) groups is 1. The van der Waals surface area contributed by atoms with Gasteiger partial charge in [-0.3, -0.25) is 4.79 Å². The minimum Gasteiger partial charge on any atom is -0.469 e. The molecule has 100 valence electrons. The van der Waals surface area contributed by atoms with Crippen LogP contribution in [0.15, 0.2) is 16.7 Å². The second kappa shape index (κ2) is 6.05. The number of hydrogen-bond acceptors (Lipinski definition) is 3. The van der Waals surface area contributed by atoms with Gasteiger partial charge in [-0.05, 0) is 31.2 Å². The van der Waals surface area contributed by atoms with Crippen LogP contribution < -0.4 is 0 Å². The Bertz CT molecular complexity index is 397. The van der Waals surface area contributed by atoms with Crippen LogP contribution >= 0.6 is 0 Å². The standard InChI is InChI=1S/C14H21NO3/c1-2-13-12(6-9-18-13)14(17)15-7-3-4-11(10-15)5-8-16/h6,9,11,16H,2-5,7-8,10H2,1H3. The maximum absolute atomic E-state index is 12.4.